The van der Waals surface area contributed by atoms with Crippen molar-refractivity contribution in [2.24, 2.45) is 0 Å². The first-order chi connectivity index (χ1) is 13.8. The predicted molar refractivity (Wildman–Crippen MR) is 116 cm³/mol. The number of anilines is 1. The summed E-state index contributed by atoms with van der Waals surface area (Å²) in [6, 6.07) is 11.9. The summed E-state index contributed by atoms with van der Waals surface area (Å²) in [7, 11) is 0.436. The van der Waals surface area contributed by atoms with Crippen molar-refractivity contribution in [2.45, 2.75) is 24.2 Å². The van der Waals surface area contributed by atoms with E-state index in [-0.39, 0.29) is 15.5 Å². The van der Waals surface area contributed by atoms with Crippen molar-refractivity contribution in [3.05, 3.63) is 58.6 Å². The molecule has 1 saturated heterocycles. The van der Waals surface area contributed by atoms with Crippen LogP contribution in [-0.2, 0) is 16.4 Å². The maximum Gasteiger partial charge on any atom is 0.257 e. The van der Waals surface area contributed by atoms with Gasteiger partial charge in [-0.1, -0.05) is 23.7 Å². The Hall–Kier alpha value is -1.93. The van der Waals surface area contributed by atoms with Crippen LogP contribution in [0.3, 0.4) is 0 Å². The molecule has 0 aromatic heterocycles. The highest BCUT2D eigenvalue weighted by Gasteiger charge is 2.28. The molecule has 1 fully saturated rings. The van der Waals surface area contributed by atoms with E-state index in [0.717, 1.165) is 25.8 Å². The van der Waals surface area contributed by atoms with Crippen LogP contribution >= 0.6 is 11.6 Å². The molecule has 0 bridgehead atoms. The summed E-state index contributed by atoms with van der Waals surface area (Å²) in [5, 5.41) is 3.01. The quantitative estimate of drug-likeness (QED) is 0.722. The minimum absolute atomic E-state index is 0.0907. The summed E-state index contributed by atoms with van der Waals surface area (Å²) in [6.45, 7) is 1.96. The van der Waals surface area contributed by atoms with Crippen molar-refractivity contribution in [2.75, 3.05) is 39.0 Å². The third kappa shape index (κ3) is 5.36. The van der Waals surface area contributed by atoms with Gasteiger partial charge < -0.3 is 10.2 Å². The van der Waals surface area contributed by atoms with E-state index in [4.69, 9.17) is 11.6 Å². The van der Waals surface area contributed by atoms with Crippen LogP contribution in [0.2, 0.25) is 5.02 Å². The topological polar surface area (TPSA) is 69.7 Å². The molecule has 1 aliphatic heterocycles. The molecule has 8 heteroatoms. The van der Waals surface area contributed by atoms with E-state index in [0.29, 0.717) is 18.8 Å². The predicted octanol–water partition coefficient (Wildman–Crippen LogP) is 3.48. The monoisotopic (exact) mass is 435 g/mol. The van der Waals surface area contributed by atoms with E-state index in [2.05, 4.69) is 10.2 Å². The molecule has 0 saturated carbocycles. The second kappa shape index (κ2) is 9.26. The normalized spacial score (nSPS) is 15.0. The summed E-state index contributed by atoms with van der Waals surface area (Å²) < 4.78 is 27.0. The molecular formula is C21H26ClN3O3S. The lowest BCUT2D eigenvalue weighted by atomic mass is 10.1. The van der Waals surface area contributed by atoms with Crippen molar-refractivity contribution >= 4 is 33.2 Å². The van der Waals surface area contributed by atoms with Gasteiger partial charge in [0.05, 0.1) is 15.5 Å². The number of likely N-dealkylation sites (N-methyl/N-ethyl adjacent to an activating group) is 1. The summed E-state index contributed by atoms with van der Waals surface area (Å²) in [4.78, 5) is 14.9. The lowest BCUT2D eigenvalue weighted by molar-refractivity contribution is 0.102. The fourth-order valence-corrected chi connectivity index (χ4v) is 4.97. The zero-order valence-corrected chi connectivity index (χ0v) is 18.3. The van der Waals surface area contributed by atoms with Gasteiger partial charge in [-0.2, -0.15) is 4.31 Å². The second-order valence-electron chi connectivity index (χ2n) is 7.46. The molecule has 1 heterocycles. The first-order valence-electron chi connectivity index (χ1n) is 9.62. The zero-order chi connectivity index (χ0) is 21.0. The third-order valence-electron chi connectivity index (χ3n) is 4.94. The van der Waals surface area contributed by atoms with Crippen molar-refractivity contribution in [1.29, 1.82) is 0 Å². The maximum atomic E-state index is 12.8. The molecule has 0 unspecified atom stereocenters. The van der Waals surface area contributed by atoms with Gasteiger partial charge in [-0.15, -0.1) is 0 Å². The molecule has 29 heavy (non-hydrogen) atoms. The maximum absolute atomic E-state index is 12.8. The second-order valence-corrected chi connectivity index (χ2v) is 9.80. The SMILES string of the molecule is CN(C)CCc1ccc(NC(=O)c2cc(S(=O)(=O)N3CCCC3)ccc2Cl)cc1. The number of sulfonamides is 1. The standard InChI is InChI=1S/C21H26ClN3O3S/c1-24(2)14-11-16-5-7-17(8-6-16)23-21(26)19-15-18(9-10-20(19)22)29(27,28)25-12-3-4-13-25/h5-10,15H,3-4,11-14H2,1-2H3,(H,23,26). The Morgan fingerprint density at radius 2 is 1.76 bits per heavy atom. The Labute approximate surface area is 177 Å². The fraction of sp³-hybridized carbons (Fsp3) is 0.381. The molecule has 0 aliphatic carbocycles. The van der Waals surface area contributed by atoms with Gasteiger partial charge in [0.25, 0.3) is 5.91 Å². The molecule has 3 rings (SSSR count). The van der Waals surface area contributed by atoms with E-state index in [1.54, 1.807) is 0 Å². The van der Waals surface area contributed by atoms with Crippen LogP contribution in [0.25, 0.3) is 0 Å². The van der Waals surface area contributed by atoms with Gasteiger partial charge in [-0.25, -0.2) is 8.42 Å². The van der Waals surface area contributed by atoms with Gasteiger partial charge >= 0.3 is 0 Å². The number of nitrogens with zero attached hydrogens (tertiary/aromatic N) is 2. The van der Waals surface area contributed by atoms with Gasteiger partial charge in [0.2, 0.25) is 10.0 Å². The molecule has 1 N–H and O–H groups in total. The fourth-order valence-electron chi connectivity index (χ4n) is 3.22. The van der Waals surface area contributed by atoms with Crippen LogP contribution in [0.5, 0.6) is 0 Å². The van der Waals surface area contributed by atoms with E-state index in [9.17, 15) is 13.2 Å². The highest BCUT2D eigenvalue weighted by molar-refractivity contribution is 7.89. The molecule has 0 spiro atoms. The van der Waals surface area contributed by atoms with E-state index in [1.807, 2.05) is 38.4 Å². The Bertz CT molecular complexity index is 969. The smallest absolute Gasteiger partial charge is 0.257 e. The van der Waals surface area contributed by atoms with E-state index < -0.39 is 15.9 Å². The average Bonchev–Trinajstić information content (AvgIpc) is 3.23. The van der Waals surface area contributed by atoms with Crippen LogP contribution < -0.4 is 5.32 Å². The lowest BCUT2D eigenvalue weighted by Gasteiger charge is -2.16. The number of benzene rings is 2. The molecule has 156 valence electrons. The number of carbonyl (C=O) groups excluding carboxylic acids is 1. The van der Waals surface area contributed by atoms with Crippen molar-refractivity contribution in [3.8, 4) is 0 Å². The highest BCUT2D eigenvalue weighted by atomic mass is 35.5. The summed E-state index contributed by atoms with van der Waals surface area (Å²) >= 11 is 6.19. The molecule has 2 aromatic rings. The number of nitrogens with one attached hydrogen (secondary N) is 1. The van der Waals surface area contributed by atoms with Crippen molar-refractivity contribution in [3.63, 3.8) is 0 Å². The van der Waals surface area contributed by atoms with Crippen LogP contribution in [0.4, 0.5) is 5.69 Å². The van der Waals surface area contributed by atoms with E-state index >= 15 is 0 Å². The number of hydrogen-bond acceptors (Lipinski definition) is 4. The van der Waals surface area contributed by atoms with E-state index in [1.165, 1.54) is 28.1 Å². The van der Waals surface area contributed by atoms with Crippen LogP contribution in [0, 0.1) is 0 Å². The number of rotatable bonds is 7. The molecule has 6 nitrogen and oxygen atoms in total. The van der Waals surface area contributed by atoms with Crippen LogP contribution in [-0.4, -0.2) is 57.3 Å². The summed E-state index contributed by atoms with van der Waals surface area (Å²) in [5.41, 5.74) is 1.95. The van der Waals surface area contributed by atoms with Gasteiger partial charge in [0.1, 0.15) is 0 Å². The largest absolute Gasteiger partial charge is 0.322 e. The Balaban J connectivity index is 1.75. The first kappa shape index (κ1) is 21.8. The summed E-state index contributed by atoms with van der Waals surface area (Å²) in [6.07, 6.45) is 2.62. The molecular weight excluding hydrogens is 410 g/mol. The van der Waals surface area contributed by atoms with Crippen molar-refractivity contribution < 1.29 is 13.2 Å². The van der Waals surface area contributed by atoms with Gasteiger partial charge in [0.15, 0.2) is 0 Å². The van der Waals surface area contributed by atoms with Gasteiger partial charge in [0, 0.05) is 25.3 Å². The van der Waals surface area contributed by atoms with Gasteiger partial charge in [-0.3, -0.25) is 4.79 Å². The Kier molecular flexibility index (Phi) is 6.95. The number of halogens is 1. The molecule has 1 amide bonds. The van der Waals surface area contributed by atoms with Crippen LogP contribution in [0.15, 0.2) is 47.4 Å². The van der Waals surface area contributed by atoms with Crippen LogP contribution in [0.1, 0.15) is 28.8 Å². The first-order valence-corrected chi connectivity index (χ1v) is 11.4. The Morgan fingerprint density at radius 1 is 1.10 bits per heavy atom. The number of carbonyl (C=O) groups is 1. The Morgan fingerprint density at radius 3 is 2.38 bits per heavy atom. The number of hydrogen-bond donors (Lipinski definition) is 1. The molecule has 0 atom stereocenters. The highest BCUT2D eigenvalue weighted by Crippen LogP contribution is 2.26. The molecule has 2 aromatic carbocycles. The minimum Gasteiger partial charge on any atom is -0.322 e. The average molecular weight is 436 g/mol. The zero-order valence-electron chi connectivity index (χ0n) is 16.7. The summed E-state index contributed by atoms with van der Waals surface area (Å²) in [5.74, 6) is -0.436. The molecule has 1 aliphatic rings. The molecule has 0 radical (unpaired) electrons. The number of amides is 1. The minimum atomic E-state index is -3.61. The van der Waals surface area contributed by atoms with Crippen molar-refractivity contribution in [1.82, 2.24) is 9.21 Å². The lowest BCUT2D eigenvalue weighted by Crippen LogP contribution is -2.28. The third-order valence-corrected chi connectivity index (χ3v) is 7.17. The van der Waals surface area contributed by atoms with Gasteiger partial charge in [-0.05, 0) is 69.3 Å².